The zero-order valence-corrected chi connectivity index (χ0v) is 14.3. The van der Waals surface area contributed by atoms with Crippen LogP contribution in [-0.2, 0) is 11.2 Å². The van der Waals surface area contributed by atoms with E-state index in [1.165, 1.54) is 19.3 Å². The Morgan fingerprint density at radius 1 is 1.22 bits per heavy atom. The molecule has 1 aromatic rings. The first kappa shape index (κ1) is 16.5. The van der Waals surface area contributed by atoms with Gasteiger partial charge >= 0.3 is 0 Å². The molecule has 0 aromatic heterocycles. The molecule has 1 aliphatic carbocycles. The molecule has 1 aliphatic heterocycles. The van der Waals surface area contributed by atoms with Crippen LogP contribution >= 0.6 is 0 Å². The maximum absolute atomic E-state index is 12.5. The number of benzene rings is 1. The van der Waals surface area contributed by atoms with Crippen molar-refractivity contribution < 1.29 is 9.28 Å². The van der Waals surface area contributed by atoms with Gasteiger partial charge in [0.15, 0.2) is 5.66 Å². The highest BCUT2D eigenvalue weighted by molar-refractivity contribution is 5.79. The monoisotopic (exact) mass is 316 g/mol. The van der Waals surface area contributed by atoms with Crippen molar-refractivity contribution in [3.63, 3.8) is 0 Å². The van der Waals surface area contributed by atoms with E-state index in [4.69, 9.17) is 5.73 Å². The van der Waals surface area contributed by atoms with Gasteiger partial charge in [0.25, 0.3) is 0 Å². The summed E-state index contributed by atoms with van der Waals surface area (Å²) in [6.07, 6.45) is 7.30. The molecule has 0 unspecified atom stereocenters. The standard InChI is InChI=1S/C19H29N3O/c1-22(13-7-8-14-22)19(20)12-6-5-11-17(19)21-18(23)15-16-9-3-2-4-10-16/h2-4,9-10,17H,5-8,11-15,20H2,1H3/p+1/t17-,19-/m1/s1. The third-order valence-electron chi connectivity index (χ3n) is 6.02. The van der Waals surface area contributed by atoms with Gasteiger partial charge in [0.2, 0.25) is 5.91 Å². The Kier molecular flexibility index (Phi) is 4.74. The maximum atomic E-state index is 12.5. The number of quaternary nitrogens is 1. The Bertz CT molecular complexity index is 539. The number of carbonyl (C=O) groups is 1. The number of nitrogens with one attached hydrogen (secondary N) is 1. The molecule has 4 heteroatoms. The predicted octanol–water partition coefficient (Wildman–Crippen LogP) is 2.18. The fourth-order valence-electron chi connectivity index (χ4n) is 4.50. The zero-order valence-electron chi connectivity index (χ0n) is 14.3. The molecule has 1 amide bonds. The summed E-state index contributed by atoms with van der Waals surface area (Å²) in [5.41, 5.74) is 7.70. The second-order valence-corrected chi connectivity index (χ2v) is 7.57. The molecule has 3 N–H and O–H groups in total. The summed E-state index contributed by atoms with van der Waals surface area (Å²) in [6.45, 7) is 2.28. The quantitative estimate of drug-likeness (QED) is 0.837. The van der Waals surface area contributed by atoms with Crippen LogP contribution in [0.1, 0.15) is 44.1 Å². The van der Waals surface area contributed by atoms with Crippen LogP contribution in [-0.4, -0.2) is 42.2 Å². The average Bonchev–Trinajstić information content (AvgIpc) is 2.99. The van der Waals surface area contributed by atoms with Crippen molar-refractivity contribution in [2.24, 2.45) is 5.73 Å². The van der Waals surface area contributed by atoms with Crippen LogP contribution in [0.3, 0.4) is 0 Å². The predicted molar refractivity (Wildman–Crippen MR) is 92.6 cm³/mol. The Morgan fingerprint density at radius 2 is 1.91 bits per heavy atom. The molecule has 3 rings (SSSR count). The minimum Gasteiger partial charge on any atom is -0.345 e. The van der Waals surface area contributed by atoms with E-state index >= 15 is 0 Å². The lowest BCUT2D eigenvalue weighted by Crippen LogP contribution is -2.75. The summed E-state index contributed by atoms with van der Waals surface area (Å²) in [4.78, 5) is 12.5. The number of rotatable bonds is 4. The smallest absolute Gasteiger partial charge is 0.224 e. The molecule has 2 fully saturated rings. The molecular weight excluding hydrogens is 286 g/mol. The van der Waals surface area contributed by atoms with E-state index < -0.39 is 0 Å². The third-order valence-corrected chi connectivity index (χ3v) is 6.02. The van der Waals surface area contributed by atoms with Gasteiger partial charge in [0.1, 0.15) is 0 Å². The first-order chi connectivity index (χ1) is 11.0. The molecule has 0 spiro atoms. The zero-order chi connectivity index (χ0) is 16.3. The van der Waals surface area contributed by atoms with Gasteiger partial charge in [0, 0.05) is 19.3 Å². The van der Waals surface area contributed by atoms with E-state index in [2.05, 4.69) is 12.4 Å². The molecule has 1 saturated carbocycles. The van der Waals surface area contributed by atoms with Crippen LogP contribution in [0.15, 0.2) is 30.3 Å². The number of nitrogens with zero attached hydrogens (tertiary/aromatic N) is 1. The lowest BCUT2D eigenvalue weighted by atomic mass is 9.82. The maximum Gasteiger partial charge on any atom is 0.224 e. The molecule has 0 bridgehead atoms. The molecular formula is C19H30N3O+. The summed E-state index contributed by atoms with van der Waals surface area (Å²) < 4.78 is 0.920. The first-order valence-electron chi connectivity index (χ1n) is 9.00. The van der Waals surface area contributed by atoms with E-state index in [0.717, 1.165) is 42.4 Å². The van der Waals surface area contributed by atoms with Crippen molar-refractivity contribution in [2.75, 3.05) is 20.1 Å². The normalized spacial score (nSPS) is 30.1. The van der Waals surface area contributed by atoms with Gasteiger partial charge < -0.3 is 9.80 Å². The van der Waals surface area contributed by atoms with E-state index in [9.17, 15) is 4.79 Å². The molecule has 2 aliphatic rings. The number of hydrogen-bond acceptors (Lipinski definition) is 2. The third kappa shape index (κ3) is 3.29. The van der Waals surface area contributed by atoms with Gasteiger partial charge in [-0.2, -0.15) is 0 Å². The number of carbonyl (C=O) groups excluding carboxylic acids is 1. The van der Waals surface area contributed by atoms with E-state index in [1.54, 1.807) is 0 Å². The molecule has 126 valence electrons. The first-order valence-corrected chi connectivity index (χ1v) is 9.00. The van der Waals surface area contributed by atoms with Gasteiger partial charge in [-0.05, 0) is 18.4 Å². The summed E-state index contributed by atoms with van der Waals surface area (Å²) in [5.74, 6) is 0.101. The van der Waals surface area contributed by atoms with Crippen LogP contribution in [0.2, 0.25) is 0 Å². The van der Waals surface area contributed by atoms with Crippen LogP contribution in [0.5, 0.6) is 0 Å². The fourth-order valence-corrected chi connectivity index (χ4v) is 4.50. The minimum atomic E-state index is -0.304. The number of hydrogen-bond donors (Lipinski definition) is 2. The van der Waals surface area contributed by atoms with Crippen molar-refractivity contribution in [1.29, 1.82) is 0 Å². The van der Waals surface area contributed by atoms with Crippen LogP contribution in [0.25, 0.3) is 0 Å². The summed E-state index contributed by atoms with van der Waals surface area (Å²) in [6, 6.07) is 10.0. The van der Waals surface area contributed by atoms with Gasteiger partial charge in [-0.15, -0.1) is 0 Å². The summed E-state index contributed by atoms with van der Waals surface area (Å²) in [7, 11) is 2.29. The highest BCUT2D eigenvalue weighted by atomic mass is 16.1. The summed E-state index contributed by atoms with van der Waals surface area (Å²) >= 11 is 0. The Morgan fingerprint density at radius 3 is 2.61 bits per heavy atom. The Hall–Kier alpha value is -1.39. The fraction of sp³-hybridized carbons (Fsp3) is 0.632. The molecule has 1 saturated heterocycles. The van der Waals surface area contributed by atoms with E-state index in [-0.39, 0.29) is 17.6 Å². The van der Waals surface area contributed by atoms with Gasteiger partial charge in [0.05, 0.1) is 32.6 Å². The van der Waals surface area contributed by atoms with Crippen molar-refractivity contribution in [2.45, 2.75) is 56.7 Å². The minimum absolute atomic E-state index is 0.0931. The van der Waals surface area contributed by atoms with Crippen LogP contribution in [0.4, 0.5) is 0 Å². The number of likely N-dealkylation sites (tertiary alicyclic amines) is 1. The molecule has 2 atom stereocenters. The van der Waals surface area contributed by atoms with Gasteiger partial charge in [-0.1, -0.05) is 36.8 Å². The highest BCUT2D eigenvalue weighted by Gasteiger charge is 2.53. The van der Waals surface area contributed by atoms with Crippen LogP contribution < -0.4 is 11.1 Å². The largest absolute Gasteiger partial charge is 0.345 e. The SMILES string of the molecule is C[N+]1([C@]2(N)CCCC[C@H]2NC(=O)Cc2ccccc2)CCCC1. The lowest BCUT2D eigenvalue weighted by Gasteiger charge is -2.52. The molecule has 23 heavy (non-hydrogen) atoms. The van der Waals surface area contributed by atoms with E-state index in [1.807, 2.05) is 30.3 Å². The van der Waals surface area contributed by atoms with Crippen molar-refractivity contribution in [1.82, 2.24) is 5.32 Å². The van der Waals surface area contributed by atoms with Crippen molar-refractivity contribution >= 4 is 5.91 Å². The van der Waals surface area contributed by atoms with Gasteiger partial charge in [-0.25, -0.2) is 0 Å². The second kappa shape index (κ2) is 6.62. The Balaban J connectivity index is 1.70. The number of nitrogens with two attached hydrogens (primary N) is 1. The molecule has 4 nitrogen and oxygen atoms in total. The second-order valence-electron chi connectivity index (χ2n) is 7.57. The topological polar surface area (TPSA) is 55.1 Å². The molecule has 0 radical (unpaired) electrons. The Labute approximate surface area is 139 Å². The highest BCUT2D eigenvalue weighted by Crippen LogP contribution is 2.37. The number of amides is 1. The summed E-state index contributed by atoms with van der Waals surface area (Å²) in [5, 5.41) is 3.28. The number of likely N-dealkylation sites (N-methyl/N-ethyl adjacent to an activating group) is 1. The lowest BCUT2D eigenvalue weighted by molar-refractivity contribution is -0.951. The molecule has 1 aromatic carbocycles. The van der Waals surface area contributed by atoms with Crippen molar-refractivity contribution in [3.05, 3.63) is 35.9 Å². The average molecular weight is 316 g/mol. The van der Waals surface area contributed by atoms with Crippen molar-refractivity contribution in [3.8, 4) is 0 Å². The van der Waals surface area contributed by atoms with E-state index in [0.29, 0.717) is 6.42 Å². The van der Waals surface area contributed by atoms with Gasteiger partial charge in [-0.3, -0.25) is 10.5 Å². The van der Waals surface area contributed by atoms with Crippen LogP contribution in [0, 0.1) is 0 Å². The molecule has 1 heterocycles.